The van der Waals surface area contributed by atoms with E-state index in [-0.39, 0.29) is 12.1 Å². The second-order valence-corrected chi connectivity index (χ2v) is 3.52. The summed E-state index contributed by atoms with van der Waals surface area (Å²) in [6, 6.07) is 3.27. The molecule has 2 rings (SSSR count). The largest absolute Gasteiger partial charge is 0.365 e. The van der Waals surface area contributed by atoms with Crippen LogP contribution in [0.15, 0.2) is 30.6 Å². The van der Waals surface area contributed by atoms with Crippen LogP contribution >= 0.6 is 0 Å². The summed E-state index contributed by atoms with van der Waals surface area (Å²) in [6.07, 6.45) is 2.89. The van der Waals surface area contributed by atoms with E-state index in [4.69, 9.17) is 5.84 Å². The number of nitrogens with zero attached hydrogens (tertiary/aromatic N) is 2. The molecule has 0 bridgehead atoms. The third-order valence-electron chi connectivity index (χ3n) is 2.25. The van der Waals surface area contributed by atoms with Crippen LogP contribution in [0.3, 0.4) is 0 Å². The third kappa shape index (κ3) is 2.89. The van der Waals surface area contributed by atoms with Crippen LogP contribution in [0.1, 0.15) is 5.56 Å². The van der Waals surface area contributed by atoms with Crippen LogP contribution in [0.25, 0.3) is 0 Å². The lowest BCUT2D eigenvalue weighted by molar-refractivity contribution is 0.587. The molecule has 0 amide bonds. The average Bonchev–Trinajstić information content (AvgIpc) is 2.40. The van der Waals surface area contributed by atoms with Gasteiger partial charge >= 0.3 is 0 Å². The van der Waals surface area contributed by atoms with Crippen molar-refractivity contribution >= 4 is 11.6 Å². The van der Waals surface area contributed by atoms with Crippen molar-refractivity contribution in [3.63, 3.8) is 0 Å². The smallest absolute Gasteiger partial charge is 0.160 e. The summed E-state index contributed by atoms with van der Waals surface area (Å²) in [5, 5.41) is 2.83. The fraction of sp³-hybridized carbons (Fsp3) is 0.0909. The Bertz CT molecular complexity index is 547. The van der Waals surface area contributed by atoms with Crippen molar-refractivity contribution in [2.75, 3.05) is 10.7 Å². The molecule has 0 aliphatic heterocycles. The molecule has 0 fully saturated rings. The van der Waals surface area contributed by atoms with E-state index in [0.29, 0.717) is 11.6 Å². The van der Waals surface area contributed by atoms with Gasteiger partial charge in [0.1, 0.15) is 17.5 Å². The summed E-state index contributed by atoms with van der Waals surface area (Å²) in [7, 11) is 0. The van der Waals surface area contributed by atoms with E-state index in [0.717, 1.165) is 18.2 Å². The third-order valence-corrected chi connectivity index (χ3v) is 2.25. The topological polar surface area (TPSA) is 75.9 Å². The number of hydrazine groups is 1. The first-order chi connectivity index (χ1) is 8.69. The number of hydrogen-bond acceptors (Lipinski definition) is 5. The van der Waals surface area contributed by atoms with Crippen LogP contribution in [-0.4, -0.2) is 9.97 Å². The summed E-state index contributed by atoms with van der Waals surface area (Å²) >= 11 is 0. The second kappa shape index (κ2) is 5.37. The molecule has 2 aromatic rings. The van der Waals surface area contributed by atoms with Gasteiger partial charge in [0.15, 0.2) is 5.82 Å². The lowest BCUT2D eigenvalue weighted by atomic mass is 10.2. The summed E-state index contributed by atoms with van der Waals surface area (Å²) in [5.74, 6) is 5.00. The van der Waals surface area contributed by atoms with E-state index >= 15 is 0 Å². The Morgan fingerprint density at radius 3 is 2.72 bits per heavy atom. The SMILES string of the molecule is NNc1cncc(NCc2cc(F)ccc2F)n1. The maximum Gasteiger partial charge on any atom is 0.160 e. The molecule has 0 aliphatic rings. The van der Waals surface area contributed by atoms with E-state index in [9.17, 15) is 8.78 Å². The van der Waals surface area contributed by atoms with Gasteiger partial charge in [-0.2, -0.15) is 0 Å². The molecule has 0 aliphatic carbocycles. The number of rotatable bonds is 4. The maximum absolute atomic E-state index is 13.3. The van der Waals surface area contributed by atoms with E-state index in [1.807, 2.05) is 0 Å². The molecule has 0 unspecified atom stereocenters. The Labute approximate surface area is 102 Å². The number of hydrogen-bond donors (Lipinski definition) is 3. The number of nitrogen functional groups attached to an aromatic ring is 1. The fourth-order valence-corrected chi connectivity index (χ4v) is 1.39. The molecule has 4 N–H and O–H groups in total. The van der Waals surface area contributed by atoms with Crippen molar-refractivity contribution in [1.82, 2.24) is 9.97 Å². The van der Waals surface area contributed by atoms with Crippen LogP contribution in [-0.2, 0) is 6.54 Å². The molecule has 0 radical (unpaired) electrons. The van der Waals surface area contributed by atoms with Crippen LogP contribution in [0.4, 0.5) is 20.4 Å². The molecular weight excluding hydrogens is 240 g/mol. The lowest BCUT2D eigenvalue weighted by Gasteiger charge is -2.07. The molecule has 18 heavy (non-hydrogen) atoms. The molecule has 5 nitrogen and oxygen atoms in total. The predicted octanol–water partition coefficient (Wildman–Crippen LogP) is 1.65. The number of nitrogens with two attached hydrogens (primary N) is 1. The van der Waals surface area contributed by atoms with E-state index in [1.165, 1.54) is 12.4 Å². The molecule has 0 atom stereocenters. The summed E-state index contributed by atoms with van der Waals surface area (Å²) in [5.41, 5.74) is 2.55. The summed E-state index contributed by atoms with van der Waals surface area (Å²) in [6.45, 7) is 0.103. The predicted molar refractivity (Wildman–Crippen MR) is 63.5 cm³/mol. The molecule has 0 spiro atoms. The van der Waals surface area contributed by atoms with Crippen molar-refractivity contribution in [3.8, 4) is 0 Å². The van der Waals surface area contributed by atoms with Gasteiger partial charge in [0.05, 0.1) is 12.4 Å². The average molecular weight is 251 g/mol. The summed E-state index contributed by atoms with van der Waals surface area (Å²) in [4.78, 5) is 7.90. The van der Waals surface area contributed by atoms with Crippen molar-refractivity contribution in [2.24, 2.45) is 5.84 Å². The second-order valence-electron chi connectivity index (χ2n) is 3.52. The highest BCUT2D eigenvalue weighted by Crippen LogP contribution is 2.12. The zero-order chi connectivity index (χ0) is 13.0. The Morgan fingerprint density at radius 2 is 1.94 bits per heavy atom. The molecule has 1 aromatic heterocycles. The minimum Gasteiger partial charge on any atom is -0.365 e. The van der Waals surface area contributed by atoms with Crippen LogP contribution in [0, 0.1) is 11.6 Å². The quantitative estimate of drug-likeness (QED) is 0.569. The Hall–Kier alpha value is -2.28. The first-order valence-corrected chi connectivity index (χ1v) is 5.15. The molecule has 1 heterocycles. The molecule has 1 aromatic carbocycles. The number of anilines is 2. The van der Waals surface area contributed by atoms with Crippen LogP contribution in [0.2, 0.25) is 0 Å². The highest BCUT2D eigenvalue weighted by molar-refractivity contribution is 5.41. The lowest BCUT2D eigenvalue weighted by Crippen LogP contribution is -2.11. The van der Waals surface area contributed by atoms with E-state index in [1.54, 1.807) is 0 Å². The van der Waals surface area contributed by atoms with Gasteiger partial charge in [-0.3, -0.25) is 4.98 Å². The minimum atomic E-state index is -0.489. The van der Waals surface area contributed by atoms with Gasteiger partial charge in [-0.25, -0.2) is 19.6 Å². The first-order valence-electron chi connectivity index (χ1n) is 5.15. The highest BCUT2D eigenvalue weighted by atomic mass is 19.1. The van der Waals surface area contributed by atoms with Crippen molar-refractivity contribution < 1.29 is 8.78 Å². The Morgan fingerprint density at radius 1 is 1.17 bits per heavy atom. The zero-order valence-electron chi connectivity index (χ0n) is 9.32. The first kappa shape index (κ1) is 12.2. The van der Waals surface area contributed by atoms with Gasteiger partial charge < -0.3 is 10.7 Å². The summed E-state index contributed by atoms with van der Waals surface area (Å²) < 4.78 is 26.3. The monoisotopic (exact) mass is 251 g/mol. The normalized spacial score (nSPS) is 10.2. The molecule has 0 saturated carbocycles. The van der Waals surface area contributed by atoms with Gasteiger partial charge in [0.2, 0.25) is 0 Å². The van der Waals surface area contributed by atoms with Gasteiger partial charge in [0.25, 0.3) is 0 Å². The molecule has 7 heteroatoms. The molecule has 0 saturated heterocycles. The van der Waals surface area contributed by atoms with Crippen LogP contribution in [0.5, 0.6) is 0 Å². The van der Waals surface area contributed by atoms with Crippen molar-refractivity contribution in [3.05, 3.63) is 47.8 Å². The Balaban J connectivity index is 2.08. The fourth-order valence-electron chi connectivity index (χ4n) is 1.39. The number of benzene rings is 1. The van der Waals surface area contributed by atoms with Crippen molar-refractivity contribution in [2.45, 2.75) is 6.54 Å². The highest BCUT2D eigenvalue weighted by Gasteiger charge is 2.04. The Kier molecular flexibility index (Phi) is 3.63. The van der Waals surface area contributed by atoms with Gasteiger partial charge in [-0.15, -0.1) is 0 Å². The molecule has 94 valence electrons. The number of halogens is 2. The maximum atomic E-state index is 13.3. The van der Waals surface area contributed by atoms with E-state index < -0.39 is 11.6 Å². The minimum absolute atomic E-state index is 0.103. The standard InChI is InChI=1S/C11H11F2N5/c12-8-1-2-9(13)7(3-8)4-16-10-5-15-6-11(17-10)18-14/h1-3,5-6H,4,14H2,(H2,16,17,18). The van der Waals surface area contributed by atoms with Gasteiger partial charge in [0, 0.05) is 12.1 Å². The number of nitrogens with one attached hydrogen (secondary N) is 2. The van der Waals surface area contributed by atoms with Gasteiger partial charge in [-0.1, -0.05) is 0 Å². The van der Waals surface area contributed by atoms with Crippen molar-refractivity contribution in [1.29, 1.82) is 0 Å². The zero-order valence-corrected chi connectivity index (χ0v) is 9.32. The van der Waals surface area contributed by atoms with Crippen LogP contribution < -0.4 is 16.6 Å². The van der Waals surface area contributed by atoms with E-state index in [2.05, 4.69) is 20.7 Å². The molecular formula is C11H11F2N5. The number of aromatic nitrogens is 2. The van der Waals surface area contributed by atoms with Gasteiger partial charge in [-0.05, 0) is 18.2 Å².